The van der Waals surface area contributed by atoms with E-state index >= 15 is 0 Å². The van der Waals surface area contributed by atoms with E-state index in [1.54, 1.807) is 26.5 Å². The molecule has 0 saturated heterocycles. The zero-order valence-electron chi connectivity index (χ0n) is 22.4. The van der Waals surface area contributed by atoms with Gasteiger partial charge in [-0.1, -0.05) is 32.0 Å². The van der Waals surface area contributed by atoms with Crippen molar-refractivity contribution in [3.8, 4) is 28.6 Å². The quantitative estimate of drug-likeness (QED) is 0.271. The van der Waals surface area contributed by atoms with Crippen molar-refractivity contribution in [3.63, 3.8) is 0 Å². The van der Waals surface area contributed by atoms with Crippen LogP contribution in [0.3, 0.4) is 0 Å². The van der Waals surface area contributed by atoms with E-state index in [1.807, 2.05) is 69.3 Å². The second-order valence-electron chi connectivity index (χ2n) is 9.42. The van der Waals surface area contributed by atoms with Crippen LogP contribution in [-0.4, -0.2) is 36.2 Å². The lowest BCUT2D eigenvalue weighted by molar-refractivity contribution is 0.230. The van der Waals surface area contributed by atoms with Gasteiger partial charge < -0.3 is 14.2 Å². The molecule has 0 radical (unpaired) electrons. The van der Waals surface area contributed by atoms with Crippen LogP contribution in [0.15, 0.2) is 64.5 Å². The largest absolute Gasteiger partial charge is 0.496 e. The van der Waals surface area contributed by atoms with Crippen LogP contribution in [0, 0.1) is 6.92 Å². The van der Waals surface area contributed by atoms with Gasteiger partial charge in [0.2, 0.25) is 0 Å². The Morgan fingerprint density at radius 1 is 0.946 bits per heavy atom. The summed E-state index contributed by atoms with van der Waals surface area (Å²) in [4.78, 5) is 18.6. The van der Waals surface area contributed by atoms with Crippen LogP contribution in [0.4, 0.5) is 0 Å². The summed E-state index contributed by atoms with van der Waals surface area (Å²) in [5.41, 5.74) is 3.81. The average molecular weight is 500 g/mol. The Morgan fingerprint density at radius 3 is 2.35 bits per heavy atom. The summed E-state index contributed by atoms with van der Waals surface area (Å²) in [5, 5.41) is 5.14. The predicted molar refractivity (Wildman–Crippen MR) is 149 cm³/mol. The molecule has 0 spiro atoms. The molecule has 1 heterocycles. The number of aromatic nitrogens is 2. The van der Waals surface area contributed by atoms with Crippen molar-refractivity contribution in [2.45, 2.75) is 46.6 Å². The first kappa shape index (κ1) is 25.9. The number of rotatable bonds is 8. The van der Waals surface area contributed by atoms with Crippen molar-refractivity contribution in [3.05, 3.63) is 81.6 Å². The van der Waals surface area contributed by atoms with Crippen molar-refractivity contribution in [2.75, 3.05) is 14.2 Å². The monoisotopic (exact) mass is 499 g/mol. The molecule has 3 aromatic carbocycles. The predicted octanol–water partition coefficient (Wildman–Crippen LogP) is 6.18. The molecule has 7 nitrogen and oxygen atoms in total. The molecule has 0 amide bonds. The smallest absolute Gasteiger partial charge is 0.282 e. The van der Waals surface area contributed by atoms with Gasteiger partial charge in [-0.05, 0) is 74.2 Å². The maximum atomic E-state index is 13.7. The number of fused-ring (bicyclic) bond motifs is 1. The highest BCUT2D eigenvalue weighted by Crippen LogP contribution is 2.34. The average Bonchev–Trinajstić information content (AvgIpc) is 2.88. The highest BCUT2D eigenvalue weighted by Gasteiger charge is 2.19. The molecule has 0 bridgehead atoms. The Balaban J connectivity index is 1.98. The number of benzene rings is 3. The molecule has 4 rings (SSSR count). The molecule has 192 valence electrons. The van der Waals surface area contributed by atoms with Gasteiger partial charge in [-0.2, -0.15) is 9.78 Å². The van der Waals surface area contributed by atoms with Crippen LogP contribution in [0.1, 0.15) is 50.3 Å². The van der Waals surface area contributed by atoms with E-state index in [1.165, 1.54) is 4.68 Å². The fourth-order valence-electron chi connectivity index (χ4n) is 4.25. The molecule has 0 atom stereocenters. The van der Waals surface area contributed by atoms with Gasteiger partial charge >= 0.3 is 0 Å². The number of hydrogen-bond acceptors (Lipinski definition) is 6. The van der Waals surface area contributed by atoms with Crippen LogP contribution in [0.25, 0.3) is 22.3 Å². The third-order valence-electron chi connectivity index (χ3n) is 6.09. The van der Waals surface area contributed by atoms with Crippen LogP contribution >= 0.6 is 0 Å². The molecule has 0 aliphatic heterocycles. The fraction of sp³-hybridized carbons (Fsp3) is 0.300. The molecule has 0 aliphatic carbocycles. The first-order valence-electron chi connectivity index (χ1n) is 12.3. The maximum absolute atomic E-state index is 13.7. The summed E-state index contributed by atoms with van der Waals surface area (Å²) < 4.78 is 18.5. The number of hydrogen-bond donors (Lipinski definition) is 0. The van der Waals surface area contributed by atoms with Gasteiger partial charge in [0.15, 0.2) is 17.3 Å². The van der Waals surface area contributed by atoms with Gasteiger partial charge in [-0.3, -0.25) is 4.79 Å². The molecule has 0 N–H and O–H groups in total. The molecule has 1 aromatic heterocycles. The van der Waals surface area contributed by atoms with Gasteiger partial charge in [-0.25, -0.2) is 4.98 Å². The van der Waals surface area contributed by atoms with E-state index in [0.717, 1.165) is 22.4 Å². The summed E-state index contributed by atoms with van der Waals surface area (Å²) in [6.45, 7) is 10.1. The van der Waals surface area contributed by atoms with E-state index in [4.69, 9.17) is 19.2 Å². The summed E-state index contributed by atoms with van der Waals surface area (Å²) in [7, 11) is 3.26. The highest BCUT2D eigenvalue weighted by molar-refractivity contribution is 5.86. The Kier molecular flexibility index (Phi) is 7.62. The minimum absolute atomic E-state index is 0.0690. The van der Waals surface area contributed by atoms with Crippen molar-refractivity contribution < 1.29 is 14.2 Å². The lowest BCUT2D eigenvalue weighted by Gasteiger charge is -2.18. The fourth-order valence-corrected chi connectivity index (χ4v) is 4.25. The third-order valence-corrected chi connectivity index (χ3v) is 6.09. The topological polar surface area (TPSA) is 74.9 Å². The summed E-state index contributed by atoms with van der Waals surface area (Å²) in [5.74, 6) is 2.63. The minimum Gasteiger partial charge on any atom is -0.496 e. The van der Waals surface area contributed by atoms with Crippen LogP contribution in [-0.2, 0) is 0 Å². The number of nitrogens with zero attached hydrogens (tertiary/aromatic N) is 3. The Hall–Kier alpha value is -4.13. The zero-order valence-corrected chi connectivity index (χ0v) is 22.4. The Morgan fingerprint density at radius 2 is 1.68 bits per heavy atom. The number of aryl methyl sites for hydroxylation is 1. The second kappa shape index (κ2) is 10.9. The molecular weight excluding hydrogens is 466 g/mol. The minimum atomic E-state index is -0.257. The van der Waals surface area contributed by atoms with E-state index in [-0.39, 0.29) is 17.6 Å². The van der Waals surface area contributed by atoms with Gasteiger partial charge in [0, 0.05) is 11.1 Å². The van der Waals surface area contributed by atoms with Crippen molar-refractivity contribution >= 4 is 17.1 Å². The second-order valence-corrected chi connectivity index (χ2v) is 9.42. The molecule has 0 aliphatic rings. The standard InChI is InChI=1S/C30H33N3O4/c1-18(2)23-16-24(20(5)15-27(23)36-7)29-32-25-13-9-8-12-22(25)30(34)33(29)31-17-21-11-10-14-26(35-6)28(21)37-19(3)4/h8-19H,1-7H3. The molecule has 0 fully saturated rings. The Bertz CT molecular complexity index is 1520. The normalized spacial score (nSPS) is 11.6. The van der Waals surface area contributed by atoms with Crippen LogP contribution in [0.5, 0.6) is 17.2 Å². The lowest BCUT2D eigenvalue weighted by Crippen LogP contribution is -2.21. The first-order chi connectivity index (χ1) is 17.7. The van der Waals surface area contributed by atoms with Crippen molar-refractivity contribution in [1.82, 2.24) is 9.66 Å². The first-order valence-corrected chi connectivity index (χ1v) is 12.3. The summed E-state index contributed by atoms with van der Waals surface area (Å²) in [6.07, 6.45) is 1.55. The van der Waals surface area contributed by atoms with E-state index < -0.39 is 0 Å². The van der Waals surface area contributed by atoms with Gasteiger partial charge in [0.05, 0.1) is 37.4 Å². The molecule has 0 saturated carbocycles. The number of para-hydroxylation sites is 2. The molecule has 37 heavy (non-hydrogen) atoms. The molecule has 7 heteroatoms. The van der Waals surface area contributed by atoms with Crippen molar-refractivity contribution in [1.29, 1.82) is 0 Å². The summed E-state index contributed by atoms with van der Waals surface area (Å²) in [6, 6.07) is 16.9. The van der Waals surface area contributed by atoms with Crippen LogP contribution in [0.2, 0.25) is 0 Å². The zero-order chi connectivity index (χ0) is 26.7. The third kappa shape index (κ3) is 5.21. The highest BCUT2D eigenvalue weighted by atomic mass is 16.5. The van der Waals surface area contributed by atoms with Gasteiger partial charge in [0.25, 0.3) is 5.56 Å². The Labute approximate surface area is 217 Å². The van der Waals surface area contributed by atoms with Crippen LogP contribution < -0.4 is 19.8 Å². The molecule has 4 aromatic rings. The van der Waals surface area contributed by atoms with E-state index in [9.17, 15) is 4.79 Å². The molecule has 0 unspecified atom stereocenters. The number of ether oxygens (including phenoxy) is 3. The number of methoxy groups -OCH3 is 2. The van der Waals surface area contributed by atoms with Gasteiger partial charge in [-0.15, -0.1) is 0 Å². The lowest BCUT2D eigenvalue weighted by atomic mass is 9.96. The summed E-state index contributed by atoms with van der Waals surface area (Å²) >= 11 is 0. The SMILES string of the molecule is COc1cc(C)c(-c2nc3ccccc3c(=O)n2N=Cc2cccc(OC)c2OC(C)C)cc1C(C)C. The maximum Gasteiger partial charge on any atom is 0.282 e. The van der Waals surface area contributed by atoms with E-state index in [0.29, 0.717) is 33.8 Å². The van der Waals surface area contributed by atoms with Crippen molar-refractivity contribution in [2.24, 2.45) is 5.10 Å². The molecular formula is C30H33N3O4. The van der Waals surface area contributed by atoms with E-state index in [2.05, 4.69) is 18.9 Å². The van der Waals surface area contributed by atoms with Gasteiger partial charge in [0.1, 0.15) is 5.75 Å².